The minimum absolute atomic E-state index is 0.509. The van der Waals surface area contributed by atoms with Crippen LogP contribution in [0.25, 0.3) is 5.70 Å². The van der Waals surface area contributed by atoms with Gasteiger partial charge in [0.2, 0.25) is 0 Å². The fraction of sp³-hybridized carbons (Fsp3) is 0.235. The van der Waals surface area contributed by atoms with Crippen LogP contribution in [-0.4, -0.2) is 24.9 Å². The van der Waals surface area contributed by atoms with Gasteiger partial charge in [-0.25, -0.2) is 0 Å². The maximum absolute atomic E-state index is 6.51. The van der Waals surface area contributed by atoms with Crippen molar-refractivity contribution in [3.63, 3.8) is 0 Å². The number of aromatic nitrogens is 1. The molecule has 2 aromatic rings. The van der Waals surface area contributed by atoms with Crippen LogP contribution in [0.3, 0.4) is 0 Å². The third-order valence-corrected chi connectivity index (χ3v) is 3.84. The zero-order valence-corrected chi connectivity index (χ0v) is 13.2. The molecule has 6 nitrogen and oxygen atoms in total. The minimum Gasteiger partial charge on any atom is -0.497 e. The van der Waals surface area contributed by atoms with Crippen LogP contribution in [0, 0.1) is 0 Å². The Morgan fingerprint density at radius 2 is 2.04 bits per heavy atom. The van der Waals surface area contributed by atoms with Gasteiger partial charge in [-0.1, -0.05) is 6.07 Å². The average molecular weight is 312 g/mol. The van der Waals surface area contributed by atoms with Gasteiger partial charge in [0.1, 0.15) is 22.9 Å². The summed E-state index contributed by atoms with van der Waals surface area (Å²) in [4.78, 5) is 4.28. The molecule has 0 bridgehead atoms. The van der Waals surface area contributed by atoms with Crippen LogP contribution < -0.4 is 26.3 Å². The number of nitrogens with zero attached hydrogens (tertiary/aromatic N) is 1. The standard InChI is InChI=1S/C17H20N4O2/c1-22-12-6-5-11(15(8-12)23-2)9-17(19)10-13(18)16-14(21-17)4-3-7-20-16/h3-8,10,21H,9,18-19H2,1-2H3. The predicted molar refractivity (Wildman–Crippen MR) is 90.2 cm³/mol. The van der Waals surface area contributed by atoms with Gasteiger partial charge in [0.05, 0.1) is 25.6 Å². The van der Waals surface area contributed by atoms with Crippen molar-refractivity contribution in [3.8, 4) is 11.5 Å². The average Bonchev–Trinajstić information content (AvgIpc) is 2.54. The summed E-state index contributed by atoms with van der Waals surface area (Å²) in [6.45, 7) is 0. The molecular weight excluding hydrogens is 292 g/mol. The Morgan fingerprint density at radius 3 is 2.78 bits per heavy atom. The fourth-order valence-corrected chi connectivity index (χ4v) is 2.78. The fourth-order valence-electron chi connectivity index (χ4n) is 2.78. The molecule has 1 aliphatic rings. The SMILES string of the molecule is COc1ccc(CC2(N)C=C(N)c3ncccc3N2)c(OC)c1. The van der Waals surface area contributed by atoms with Crippen molar-refractivity contribution >= 4 is 11.4 Å². The van der Waals surface area contributed by atoms with Crippen molar-refractivity contribution in [2.75, 3.05) is 19.5 Å². The lowest BCUT2D eigenvalue weighted by Gasteiger charge is -2.34. The molecule has 1 atom stereocenters. The molecule has 6 heteroatoms. The lowest BCUT2D eigenvalue weighted by atomic mass is 9.94. The van der Waals surface area contributed by atoms with Gasteiger partial charge >= 0.3 is 0 Å². The van der Waals surface area contributed by atoms with Gasteiger partial charge in [-0.15, -0.1) is 0 Å². The Hall–Kier alpha value is -2.73. The highest BCUT2D eigenvalue weighted by Crippen LogP contribution is 2.32. The van der Waals surface area contributed by atoms with E-state index in [0.717, 1.165) is 28.4 Å². The molecule has 120 valence electrons. The highest BCUT2D eigenvalue weighted by atomic mass is 16.5. The third-order valence-electron chi connectivity index (χ3n) is 3.84. The molecule has 2 heterocycles. The number of benzene rings is 1. The van der Waals surface area contributed by atoms with Gasteiger partial charge in [0.15, 0.2) is 0 Å². The van der Waals surface area contributed by atoms with Gasteiger partial charge in [-0.3, -0.25) is 4.98 Å². The highest BCUT2D eigenvalue weighted by Gasteiger charge is 2.30. The largest absolute Gasteiger partial charge is 0.497 e. The Labute approximate surface area is 135 Å². The molecule has 3 rings (SSSR count). The summed E-state index contributed by atoms with van der Waals surface area (Å²) in [7, 11) is 3.24. The van der Waals surface area contributed by atoms with Gasteiger partial charge in [0.25, 0.3) is 0 Å². The van der Waals surface area contributed by atoms with E-state index < -0.39 is 5.66 Å². The van der Waals surface area contributed by atoms with E-state index in [-0.39, 0.29) is 0 Å². The maximum Gasteiger partial charge on any atom is 0.125 e. The normalized spacial score (nSPS) is 19.3. The molecule has 1 unspecified atom stereocenters. The van der Waals surface area contributed by atoms with Crippen LogP contribution in [0.2, 0.25) is 0 Å². The first-order chi connectivity index (χ1) is 11.0. The van der Waals surface area contributed by atoms with Crippen molar-refractivity contribution in [1.29, 1.82) is 0 Å². The number of nitrogens with two attached hydrogens (primary N) is 2. The number of anilines is 1. The van der Waals surface area contributed by atoms with Gasteiger partial charge in [-0.05, 0) is 29.8 Å². The molecule has 0 fully saturated rings. The molecule has 1 aromatic heterocycles. The quantitative estimate of drug-likeness (QED) is 0.795. The Balaban J connectivity index is 1.93. The summed E-state index contributed by atoms with van der Waals surface area (Å²) < 4.78 is 10.7. The second-order valence-electron chi connectivity index (χ2n) is 5.52. The summed E-state index contributed by atoms with van der Waals surface area (Å²) in [6, 6.07) is 9.42. The maximum atomic E-state index is 6.51. The van der Waals surface area contributed by atoms with Crippen molar-refractivity contribution in [2.24, 2.45) is 11.5 Å². The van der Waals surface area contributed by atoms with E-state index in [1.165, 1.54) is 0 Å². The molecule has 0 amide bonds. The van der Waals surface area contributed by atoms with Crippen LogP contribution in [0.15, 0.2) is 42.6 Å². The van der Waals surface area contributed by atoms with E-state index in [0.29, 0.717) is 12.1 Å². The number of hydrogen-bond donors (Lipinski definition) is 3. The lowest BCUT2D eigenvalue weighted by Crippen LogP contribution is -2.50. The second-order valence-corrected chi connectivity index (χ2v) is 5.52. The topological polar surface area (TPSA) is 95.4 Å². The van der Waals surface area contributed by atoms with E-state index in [1.54, 1.807) is 26.5 Å². The first-order valence-corrected chi connectivity index (χ1v) is 7.26. The van der Waals surface area contributed by atoms with Crippen LogP contribution in [0.4, 0.5) is 5.69 Å². The van der Waals surface area contributed by atoms with Crippen LogP contribution in [0.5, 0.6) is 11.5 Å². The molecule has 23 heavy (non-hydrogen) atoms. The summed E-state index contributed by atoms with van der Waals surface area (Å²) in [5, 5.41) is 3.30. The predicted octanol–water partition coefficient (Wildman–Crippen LogP) is 1.72. The Morgan fingerprint density at radius 1 is 1.22 bits per heavy atom. The summed E-state index contributed by atoms with van der Waals surface area (Å²) >= 11 is 0. The van der Waals surface area contributed by atoms with Crippen LogP contribution >= 0.6 is 0 Å². The van der Waals surface area contributed by atoms with Gasteiger partial charge < -0.3 is 26.3 Å². The number of ether oxygens (including phenoxy) is 2. The van der Waals surface area contributed by atoms with Crippen LogP contribution in [0.1, 0.15) is 11.3 Å². The van der Waals surface area contributed by atoms with E-state index in [2.05, 4.69) is 10.3 Å². The van der Waals surface area contributed by atoms with E-state index in [9.17, 15) is 0 Å². The number of pyridine rings is 1. The summed E-state index contributed by atoms with van der Waals surface area (Å²) in [6.07, 6.45) is 4.01. The molecular formula is C17H20N4O2. The van der Waals surface area contributed by atoms with Crippen molar-refractivity contribution in [2.45, 2.75) is 12.1 Å². The Kier molecular flexibility index (Phi) is 3.83. The number of hydrogen-bond acceptors (Lipinski definition) is 6. The highest BCUT2D eigenvalue weighted by molar-refractivity contribution is 5.76. The smallest absolute Gasteiger partial charge is 0.125 e. The van der Waals surface area contributed by atoms with Crippen molar-refractivity contribution < 1.29 is 9.47 Å². The summed E-state index contributed by atoms with van der Waals surface area (Å²) in [5.74, 6) is 1.46. The number of rotatable bonds is 4. The molecule has 0 saturated carbocycles. The first kappa shape index (κ1) is 15.2. The molecule has 0 saturated heterocycles. The van der Waals surface area contributed by atoms with Gasteiger partial charge in [0, 0.05) is 18.7 Å². The minimum atomic E-state index is -0.817. The monoisotopic (exact) mass is 312 g/mol. The zero-order chi connectivity index (χ0) is 16.4. The number of fused-ring (bicyclic) bond motifs is 1. The molecule has 0 radical (unpaired) electrons. The second kappa shape index (κ2) is 5.81. The van der Waals surface area contributed by atoms with Crippen LogP contribution in [-0.2, 0) is 6.42 Å². The van der Waals surface area contributed by atoms with Crippen molar-refractivity contribution in [1.82, 2.24) is 4.98 Å². The Bertz CT molecular complexity index is 760. The number of nitrogens with one attached hydrogen (secondary N) is 1. The van der Waals surface area contributed by atoms with Gasteiger partial charge in [-0.2, -0.15) is 0 Å². The van der Waals surface area contributed by atoms with Crippen molar-refractivity contribution in [3.05, 3.63) is 53.9 Å². The van der Waals surface area contributed by atoms with E-state index in [1.807, 2.05) is 30.3 Å². The van der Waals surface area contributed by atoms with E-state index >= 15 is 0 Å². The molecule has 5 N–H and O–H groups in total. The first-order valence-electron chi connectivity index (χ1n) is 7.26. The zero-order valence-electron chi connectivity index (χ0n) is 13.2. The number of methoxy groups -OCH3 is 2. The lowest BCUT2D eigenvalue weighted by molar-refractivity contribution is 0.388. The molecule has 1 aromatic carbocycles. The molecule has 1 aliphatic heterocycles. The third kappa shape index (κ3) is 2.93. The molecule has 0 spiro atoms. The van der Waals surface area contributed by atoms with E-state index in [4.69, 9.17) is 20.9 Å². The summed E-state index contributed by atoms with van der Waals surface area (Å²) in [5.41, 5.74) is 14.9. The molecule has 0 aliphatic carbocycles.